The lowest BCUT2D eigenvalue weighted by molar-refractivity contribution is 0.281. The summed E-state index contributed by atoms with van der Waals surface area (Å²) in [4.78, 5) is 10.7. The standard InChI is InChI=1S/C20H29N5O.HI/c1-21-20(24-16-18-7-4-5-12-22-18)23-15-17-8-10-19(11-9-17)26-14-6-13-25(2)3;/h4-5,7-12H,6,13-16H2,1-3H3,(H2,21,23,24);1H. The average Bonchev–Trinajstić information content (AvgIpc) is 2.67. The van der Waals surface area contributed by atoms with Gasteiger partial charge in [0.2, 0.25) is 0 Å². The Morgan fingerprint density at radius 1 is 1.07 bits per heavy atom. The average molecular weight is 483 g/mol. The zero-order chi connectivity index (χ0) is 18.6. The monoisotopic (exact) mass is 483 g/mol. The third kappa shape index (κ3) is 9.58. The maximum absolute atomic E-state index is 5.76. The summed E-state index contributed by atoms with van der Waals surface area (Å²) >= 11 is 0. The molecule has 0 amide bonds. The van der Waals surface area contributed by atoms with Crippen LogP contribution >= 0.6 is 24.0 Å². The Bertz CT molecular complexity index is 662. The van der Waals surface area contributed by atoms with Crippen molar-refractivity contribution < 1.29 is 4.74 Å². The Kier molecular flexibility index (Phi) is 11.4. The number of aliphatic imine (C=N–C) groups is 1. The van der Waals surface area contributed by atoms with Crippen LogP contribution < -0.4 is 15.4 Å². The first-order chi connectivity index (χ1) is 12.7. The summed E-state index contributed by atoms with van der Waals surface area (Å²) in [6.07, 6.45) is 2.81. The predicted octanol–water partition coefficient (Wildman–Crippen LogP) is 2.90. The summed E-state index contributed by atoms with van der Waals surface area (Å²) in [6, 6.07) is 14.0. The molecule has 2 aromatic rings. The van der Waals surface area contributed by atoms with Crippen molar-refractivity contribution in [2.75, 3.05) is 34.3 Å². The van der Waals surface area contributed by atoms with Crippen LogP contribution in [-0.4, -0.2) is 50.1 Å². The van der Waals surface area contributed by atoms with Crippen molar-refractivity contribution in [1.82, 2.24) is 20.5 Å². The van der Waals surface area contributed by atoms with Gasteiger partial charge in [0.1, 0.15) is 5.75 Å². The zero-order valence-corrected chi connectivity index (χ0v) is 18.6. The van der Waals surface area contributed by atoms with E-state index in [2.05, 4.69) is 51.7 Å². The molecule has 1 aromatic carbocycles. The highest BCUT2D eigenvalue weighted by atomic mass is 127. The molecule has 0 saturated heterocycles. The minimum absolute atomic E-state index is 0. The van der Waals surface area contributed by atoms with Gasteiger partial charge in [0.05, 0.1) is 18.8 Å². The first-order valence-corrected chi connectivity index (χ1v) is 8.88. The maximum atomic E-state index is 5.76. The van der Waals surface area contributed by atoms with Crippen molar-refractivity contribution in [2.24, 2.45) is 4.99 Å². The van der Waals surface area contributed by atoms with Gasteiger partial charge in [0, 0.05) is 26.3 Å². The Morgan fingerprint density at radius 2 is 1.81 bits per heavy atom. The van der Waals surface area contributed by atoms with Gasteiger partial charge in [-0.2, -0.15) is 0 Å². The molecule has 0 bridgehead atoms. The Balaban J connectivity index is 0.00000364. The van der Waals surface area contributed by atoms with Crippen molar-refractivity contribution in [3.8, 4) is 5.75 Å². The first-order valence-electron chi connectivity index (χ1n) is 8.88. The molecule has 0 spiro atoms. The van der Waals surface area contributed by atoms with E-state index >= 15 is 0 Å². The van der Waals surface area contributed by atoms with Crippen LogP contribution in [0, 0.1) is 0 Å². The van der Waals surface area contributed by atoms with Gasteiger partial charge in [-0.15, -0.1) is 24.0 Å². The van der Waals surface area contributed by atoms with E-state index in [4.69, 9.17) is 4.74 Å². The van der Waals surface area contributed by atoms with Gasteiger partial charge in [0.15, 0.2) is 5.96 Å². The number of aromatic nitrogens is 1. The molecule has 27 heavy (non-hydrogen) atoms. The first kappa shape index (κ1) is 23.2. The molecule has 2 rings (SSSR count). The van der Waals surface area contributed by atoms with Crippen LogP contribution in [0.5, 0.6) is 5.75 Å². The lowest BCUT2D eigenvalue weighted by Gasteiger charge is -2.12. The molecule has 1 aromatic heterocycles. The molecule has 0 fully saturated rings. The van der Waals surface area contributed by atoms with Gasteiger partial charge in [-0.25, -0.2) is 0 Å². The quantitative estimate of drug-likeness (QED) is 0.249. The van der Waals surface area contributed by atoms with Gasteiger partial charge in [-0.05, 0) is 50.3 Å². The lowest BCUT2D eigenvalue weighted by Crippen LogP contribution is -2.36. The Hall–Kier alpha value is -1.87. The Labute approximate surface area is 179 Å². The molecule has 0 aliphatic heterocycles. The minimum Gasteiger partial charge on any atom is -0.494 e. The van der Waals surface area contributed by atoms with Crippen LogP contribution in [0.15, 0.2) is 53.7 Å². The SMILES string of the molecule is CN=C(NCc1ccc(OCCCN(C)C)cc1)NCc1ccccn1.I. The second-order valence-corrected chi connectivity index (χ2v) is 6.25. The van der Waals surface area contributed by atoms with Crippen LogP contribution in [-0.2, 0) is 13.1 Å². The molecular weight excluding hydrogens is 453 g/mol. The molecule has 0 aliphatic rings. The summed E-state index contributed by atoms with van der Waals surface area (Å²) < 4.78 is 5.76. The van der Waals surface area contributed by atoms with Gasteiger partial charge < -0.3 is 20.3 Å². The van der Waals surface area contributed by atoms with E-state index in [1.54, 1.807) is 13.2 Å². The highest BCUT2D eigenvalue weighted by Crippen LogP contribution is 2.12. The smallest absolute Gasteiger partial charge is 0.191 e. The number of nitrogens with one attached hydrogen (secondary N) is 2. The normalized spacial score (nSPS) is 11.0. The van der Waals surface area contributed by atoms with E-state index in [0.29, 0.717) is 13.1 Å². The van der Waals surface area contributed by atoms with Crippen molar-refractivity contribution >= 4 is 29.9 Å². The topological polar surface area (TPSA) is 61.8 Å². The predicted molar refractivity (Wildman–Crippen MR) is 122 cm³/mol. The molecule has 0 aliphatic carbocycles. The number of rotatable bonds is 9. The fourth-order valence-corrected chi connectivity index (χ4v) is 2.36. The molecule has 6 nitrogen and oxygen atoms in total. The second kappa shape index (κ2) is 13.3. The zero-order valence-electron chi connectivity index (χ0n) is 16.3. The van der Waals surface area contributed by atoms with Crippen molar-refractivity contribution in [3.05, 3.63) is 59.9 Å². The highest BCUT2D eigenvalue weighted by Gasteiger charge is 2.01. The van der Waals surface area contributed by atoms with E-state index in [1.807, 2.05) is 30.3 Å². The third-order valence-corrected chi connectivity index (χ3v) is 3.79. The fraction of sp³-hybridized carbons (Fsp3) is 0.400. The number of ether oxygens (including phenoxy) is 1. The molecule has 148 valence electrons. The van der Waals surface area contributed by atoms with Crippen LogP contribution in [0.25, 0.3) is 0 Å². The van der Waals surface area contributed by atoms with Crippen LogP contribution in [0.2, 0.25) is 0 Å². The molecular formula is C20H30IN5O. The van der Waals surface area contributed by atoms with Crippen LogP contribution in [0.3, 0.4) is 0 Å². The van der Waals surface area contributed by atoms with E-state index in [9.17, 15) is 0 Å². The fourth-order valence-electron chi connectivity index (χ4n) is 2.36. The van der Waals surface area contributed by atoms with E-state index < -0.39 is 0 Å². The summed E-state index contributed by atoms with van der Waals surface area (Å²) in [5.41, 5.74) is 2.15. The number of nitrogens with zero attached hydrogens (tertiary/aromatic N) is 3. The molecule has 0 unspecified atom stereocenters. The van der Waals surface area contributed by atoms with Crippen molar-refractivity contribution in [2.45, 2.75) is 19.5 Å². The molecule has 7 heteroatoms. The number of halogens is 1. The van der Waals surface area contributed by atoms with Crippen molar-refractivity contribution in [1.29, 1.82) is 0 Å². The molecule has 0 radical (unpaired) electrons. The van der Waals surface area contributed by atoms with Crippen LogP contribution in [0.4, 0.5) is 0 Å². The van der Waals surface area contributed by atoms with Gasteiger partial charge in [-0.3, -0.25) is 9.98 Å². The number of pyridine rings is 1. The minimum atomic E-state index is 0. The molecule has 1 heterocycles. The number of guanidine groups is 1. The Morgan fingerprint density at radius 3 is 2.44 bits per heavy atom. The molecule has 0 saturated carbocycles. The second-order valence-electron chi connectivity index (χ2n) is 6.25. The summed E-state index contributed by atoms with van der Waals surface area (Å²) in [6.45, 7) is 3.11. The number of hydrogen-bond donors (Lipinski definition) is 2. The summed E-state index contributed by atoms with van der Waals surface area (Å²) in [7, 11) is 5.90. The molecule has 2 N–H and O–H groups in total. The maximum Gasteiger partial charge on any atom is 0.191 e. The highest BCUT2D eigenvalue weighted by molar-refractivity contribution is 14.0. The number of benzene rings is 1. The van der Waals surface area contributed by atoms with E-state index in [1.165, 1.54) is 5.56 Å². The largest absolute Gasteiger partial charge is 0.494 e. The van der Waals surface area contributed by atoms with E-state index in [0.717, 1.165) is 37.0 Å². The summed E-state index contributed by atoms with van der Waals surface area (Å²) in [5, 5.41) is 6.56. The molecule has 0 atom stereocenters. The number of hydrogen-bond acceptors (Lipinski definition) is 4. The van der Waals surface area contributed by atoms with Gasteiger partial charge in [-0.1, -0.05) is 18.2 Å². The van der Waals surface area contributed by atoms with Gasteiger partial charge >= 0.3 is 0 Å². The summed E-state index contributed by atoms with van der Waals surface area (Å²) in [5.74, 6) is 1.66. The third-order valence-electron chi connectivity index (χ3n) is 3.79. The lowest BCUT2D eigenvalue weighted by atomic mass is 10.2. The van der Waals surface area contributed by atoms with Crippen LogP contribution in [0.1, 0.15) is 17.7 Å². The van der Waals surface area contributed by atoms with E-state index in [-0.39, 0.29) is 24.0 Å². The van der Waals surface area contributed by atoms with Gasteiger partial charge in [0.25, 0.3) is 0 Å². The van der Waals surface area contributed by atoms with Crippen molar-refractivity contribution in [3.63, 3.8) is 0 Å².